The Bertz CT molecular complexity index is 1650. The van der Waals surface area contributed by atoms with Crippen LogP contribution in [0.1, 0.15) is 27.5 Å². The van der Waals surface area contributed by atoms with Crippen LogP contribution in [-0.2, 0) is 6.54 Å². The molecular formula is C30H23BrN2O3. The van der Waals surface area contributed by atoms with Crippen LogP contribution in [0.3, 0.4) is 0 Å². The third-order valence-electron chi connectivity index (χ3n) is 6.36. The predicted molar refractivity (Wildman–Crippen MR) is 134 cm³/mol. The molecule has 0 aliphatic rings. The number of phenolic OH excluding ortho intramolecular Hbond substituents is 1. The van der Waals surface area contributed by atoms with Crippen LogP contribution in [0.2, 0.25) is 0 Å². The van der Waals surface area contributed by atoms with E-state index in [2.05, 4.69) is 34.9 Å². The van der Waals surface area contributed by atoms with Gasteiger partial charge in [-0.05, 0) is 42.5 Å². The summed E-state index contributed by atoms with van der Waals surface area (Å²) in [6.45, 7) is 0.213. The van der Waals surface area contributed by atoms with Crippen molar-refractivity contribution in [3.05, 3.63) is 132 Å². The van der Waals surface area contributed by atoms with Gasteiger partial charge in [-0.3, -0.25) is 4.79 Å². The van der Waals surface area contributed by atoms with Crippen molar-refractivity contribution in [2.24, 2.45) is 0 Å². The number of Topliss-reactive ketones (excluding diaryl/α,β-unsaturated/α-hetero) is 1. The first-order valence-corrected chi connectivity index (χ1v) is 11.5. The molecule has 0 radical (unpaired) electrons. The molecule has 0 fully saturated rings. The number of carbonyl (C=O) groups excluding carboxylic acids is 1. The number of benzene rings is 4. The van der Waals surface area contributed by atoms with E-state index in [4.69, 9.17) is 4.42 Å². The van der Waals surface area contributed by atoms with Gasteiger partial charge in [0, 0.05) is 27.5 Å². The summed E-state index contributed by atoms with van der Waals surface area (Å²) in [5, 5.41) is 11.7. The van der Waals surface area contributed by atoms with Crippen LogP contribution in [0.25, 0.3) is 21.9 Å². The predicted octanol–water partition coefficient (Wildman–Crippen LogP) is 2.91. The number of ketones is 1. The minimum absolute atomic E-state index is 0. The molecule has 6 heteroatoms. The molecule has 1 N–H and O–H groups in total. The fourth-order valence-electron chi connectivity index (χ4n) is 4.65. The highest BCUT2D eigenvalue weighted by molar-refractivity contribution is 6.05. The molecule has 0 spiro atoms. The number of hydrogen-bond donors (Lipinski definition) is 1. The number of nitrogens with zero attached hydrogens (tertiary/aromatic N) is 2. The molecule has 0 amide bonds. The smallest absolute Gasteiger partial charge is 0.244 e. The summed E-state index contributed by atoms with van der Waals surface area (Å²) < 4.78 is 10.0. The maximum absolute atomic E-state index is 12.8. The first-order valence-electron chi connectivity index (χ1n) is 11.5. The molecular weight excluding hydrogens is 516 g/mol. The van der Waals surface area contributed by atoms with E-state index in [0.29, 0.717) is 5.56 Å². The zero-order valence-electron chi connectivity index (χ0n) is 19.3. The largest absolute Gasteiger partial charge is 1.00 e. The second-order valence-corrected chi connectivity index (χ2v) is 8.67. The van der Waals surface area contributed by atoms with Crippen LogP contribution in [0.15, 0.2) is 120 Å². The summed E-state index contributed by atoms with van der Waals surface area (Å²) in [5.41, 5.74) is 4.58. The average Bonchev–Trinajstić information content (AvgIpc) is 3.49. The monoisotopic (exact) mass is 538 g/mol. The van der Waals surface area contributed by atoms with Gasteiger partial charge >= 0.3 is 0 Å². The van der Waals surface area contributed by atoms with Crippen molar-refractivity contribution in [2.75, 3.05) is 0 Å². The van der Waals surface area contributed by atoms with Crippen molar-refractivity contribution in [3.8, 4) is 5.75 Å². The summed E-state index contributed by atoms with van der Waals surface area (Å²) in [6.07, 6.45) is 5.88. The molecule has 0 bridgehead atoms. The summed E-state index contributed by atoms with van der Waals surface area (Å²) >= 11 is 0. The number of fused-ring (bicyclic) bond motifs is 3. The van der Waals surface area contributed by atoms with E-state index in [0.717, 1.165) is 33.1 Å². The Hall–Kier alpha value is -4.16. The van der Waals surface area contributed by atoms with E-state index < -0.39 is 0 Å². The molecule has 36 heavy (non-hydrogen) atoms. The maximum Gasteiger partial charge on any atom is 0.244 e. The van der Waals surface area contributed by atoms with Gasteiger partial charge in [0.05, 0.1) is 0 Å². The highest BCUT2D eigenvalue weighted by atomic mass is 79.9. The third-order valence-corrected chi connectivity index (χ3v) is 6.36. The van der Waals surface area contributed by atoms with Crippen LogP contribution < -0.4 is 21.5 Å². The standard InChI is InChI=1S/C30H22N2O3.BrH/c33-24-13-10-21(11-14-24)27(34)19-31-16-17-32(20-31)30(22-6-2-1-3-7-22)23-12-15-29-26(18-23)25-8-4-5-9-28(25)35-29;/h1-18,20,30H,19H2;1H. The topological polar surface area (TPSA) is 59.2 Å². The fraction of sp³-hybridized carbons (Fsp3) is 0.0667. The first kappa shape index (κ1) is 23.6. The van der Waals surface area contributed by atoms with Gasteiger partial charge in [-0.25, -0.2) is 9.13 Å². The molecule has 5 nitrogen and oxygen atoms in total. The second kappa shape index (κ2) is 9.84. The lowest BCUT2D eigenvalue weighted by atomic mass is 9.97. The van der Waals surface area contributed by atoms with E-state index in [1.807, 2.05) is 65.8 Å². The van der Waals surface area contributed by atoms with E-state index in [9.17, 15) is 9.90 Å². The van der Waals surface area contributed by atoms with Crippen molar-refractivity contribution in [1.29, 1.82) is 0 Å². The Morgan fingerprint density at radius 3 is 2.36 bits per heavy atom. The molecule has 2 heterocycles. The molecule has 6 aromatic rings. The van der Waals surface area contributed by atoms with Crippen molar-refractivity contribution in [3.63, 3.8) is 0 Å². The van der Waals surface area contributed by atoms with Crippen molar-refractivity contribution in [2.45, 2.75) is 12.6 Å². The van der Waals surface area contributed by atoms with Gasteiger partial charge in [0.2, 0.25) is 12.1 Å². The van der Waals surface area contributed by atoms with Crippen LogP contribution in [-0.4, -0.2) is 15.5 Å². The summed E-state index contributed by atoms with van der Waals surface area (Å²) in [6, 6.07) is 31.0. The molecule has 0 aliphatic heterocycles. The number of carbonyl (C=O) groups is 1. The lowest BCUT2D eigenvalue weighted by molar-refractivity contribution is -0.682. The molecule has 6 rings (SSSR count). The zero-order chi connectivity index (χ0) is 23.8. The maximum atomic E-state index is 12.8. The fourth-order valence-corrected chi connectivity index (χ4v) is 4.65. The highest BCUT2D eigenvalue weighted by Crippen LogP contribution is 2.33. The zero-order valence-corrected chi connectivity index (χ0v) is 20.9. The molecule has 0 saturated heterocycles. The molecule has 4 aromatic carbocycles. The number of halogens is 1. The number of imidazole rings is 1. The molecule has 178 valence electrons. The van der Waals surface area contributed by atoms with Gasteiger partial charge in [-0.1, -0.05) is 54.6 Å². The normalized spacial score (nSPS) is 11.9. The van der Waals surface area contributed by atoms with Gasteiger partial charge < -0.3 is 26.5 Å². The Labute approximate surface area is 218 Å². The minimum atomic E-state index is -0.0701. The molecule has 0 saturated carbocycles. The summed E-state index contributed by atoms with van der Waals surface area (Å²) in [5.74, 6) is 0.128. The first-order chi connectivity index (χ1) is 17.2. The number of aromatic hydroxyl groups is 1. The van der Waals surface area contributed by atoms with Crippen molar-refractivity contribution >= 4 is 27.7 Å². The van der Waals surface area contributed by atoms with Crippen molar-refractivity contribution < 1.29 is 35.9 Å². The number of aromatic nitrogens is 2. The Kier molecular flexibility index (Phi) is 6.44. The quantitative estimate of drug-likeness (QED) is 0.262. The Morgan fingerprint density at radius 1 is 0.833 bits per heavy atom. The number of phenols is 1. The molecule has 1 atom stereocenters. The van der Waals surface area contributed by atoms with Crippen LogP contribution >= 0.6 is 0 Å². The van der Waals surface area contributed by atoms with E-state index >= 15 is 0 Å². The van der Waals surface area contributed by atoms with Gasteiger partial charge in [0.25, 0.3) is 0 Å². The van der Waals surface area contributed by atoms with E-state index in [1.165, 1.54) is 12.1 Å². The van der Waals surface area contributed by atoms with E-state index in [-0.39, 0.29) is 41.1 Å². The number of hydrogen-bond acceptors (Lipinski definition) is 3. The lowest BCUT2D eigenvalue weighted by Crippen LogP contribution is -3.00. The van der Waals surface area contributed by atoms with Crippen LogP contribution in [0.5, 0.6) is 5.75 Å². The summed E-state index contributed by atoms with van der Waals surface area (Å²) in [7, 11) is 0. The lowest BCUT2D eigenvalue weighted by Gasteiger charge is -2.15. The van der Waals surface area contributed by atoms with Gasteiger partial charge in [0.1, 0.15) is 29.3 Å². The van der Waals surface area contributed by atoms with Gasteiger partial charge in [-0.15, -0.1) is 0 Å². The summed E-state index contributed by atoms with van der Waals surface area (Å²) in [4.78, 5) is 12.8. The van der Waals surface area contributed by atoms with Gasteiger partial charge in [-0.2, -0.15) is 0 Å². The average molecular weight is 539 g/mol. The Morgan fingerprint density at radius 2 is 1.56 bits per heavy atom. The van der Waals surface area contributed by atoms with Crippen LogP contribution in [0, 0.1) is 0 Å². The van der Waals surface area contributed by atoms with Crippen LogP contribution in [0.4, 0.5) is 0 Å². The third kappa shape index (κ3) is 4.43. The van der Waals surface area contributed by atoms with E-state index in [1.54, 1.807) is 12.1 Å². The SMILES string of the molecule is O=C(C[n+]1ccn(C(c2ccccc2)c2ccc3oc4ccccc4c3c2)c1)c1ccc(O)cc1.[Br-]. The second-order valence-electron chi connectivity index (χ2n) is 8.67. The molecule has 1 unspecified atom stereocenters. The molecule has 0 aliphatic carbocycles. The number of para-hydroxylation sites is 1. The number of rotatable bonds is 6. The molecule has 2 aromatic heterocycles. The van der Waals surface area contributed by atoms with Gasteiger partial charge in [0.15, 0.2) is 12.6 Å². The Balaban J connectivity index is 0.00000267. The highest BCUT2D eigenvalue weighted by Gasteiger charge is 2.23. The number of furan rings is 1. The minimum Gasteiger partial charge on any atom is -1.00 e. The van der Waals surface area contributed by atoms with Crippen molar-refractivity contribution in [1.82, 2.24) is 4.57 Å².